The molecule has 3 atom stereocenters. The summed E-state index contributed by atoms with van der Waals surface area (Å²) >= 11 is 0. The standard InChI is InChI=1S/C46H93N2O6P/c1-6-8-10-12-14-16-18-19-20-21-22-23-24-25-26-27-28-29-30-31-33-35-37-39-45(49)44(43-54-55(51,52)53-42-41-48(3,4)5)47-46(50)40-38-36-34-32-17-15-13-11-9-7-2/h11,13,44-45,49H,6-10,12,14-43H2,1-5H3,(H-,47,50,51,52)/b13-11-. The summed E-state index contributed by atoms with van der Waals surface area (Å²) in [5.74, 6) is -0.175. The first-order valence-electron chi connectivity index (χ1n) is 23.5. The monoisotopic (exact) mass is 801 g/mol. The van der Waals surface area contributed by atoms with Crippen molar-refractivity contribution in [1.29, 1.82) is 0 Å². The van der Waals surface area contributed by atoms with Crippen LogP contribution in [-0.4, -0.2) is 68.5 Å². The largest absolute Gasteiger partial charge is 0.756 e. The second kappa shape index (κ2) is 38.7. The number of aliphatic hydroxyl groups excluding tert-OH is 1. The van der Waals surface area contributed by atoms with E-state index in [2.05, 4.69) is 31.3 Å². The van der Waals surface area contributed by atoms with E-state index in [0.29, 0.717) is 23.9 Å². The number of phosphoric ester groups is 1. The van der Waals surface area contributed by atoms with E-state index in [9.17, 15) is 19.4 Å². The summed E-state index contributed by atoms with van der Waals surface area (Å²) in [5.41, 5.74) is 0. The molecule has 0 saturated heterocycles. The Morgan fingerprint density at radius 2 is 1.04 bits per heavy atom. The van der Waals surface area contributed by atoms with Crippen LogP contribution in [0.15, 0.2) is 12.2 Å². The van der Waals surface area contributed by atoms with Crippen molar-refractivity contribution < 1.29 is 32.9 Å². The molecule has 0 aromatic rings. The van der Waals surface area contributed by atoms with Crippen molar-refractivity contribution in [3.8, 4) is 0 Å². The fraction of sp³-hybridized carbons (Fsp3) is 0.935. The van der Waals surface area contributed by atoms with Crippen molar-refractivity contribution >= 4 is 13.7 Å². The summed E-state index contributed by atoms with van der Waals surface area (Å²) in [7, 11) is 1.30. The molecule has 3 unspecified atom stereocenters. The third-order valence-electron chi connectivity index (χ3n) is 10.7. The molecule has 8 nitrogen and oxygen atoms in total. The van der Waals surface area contributed by atoms with Gasteiger partial charge in [-0.15, -0.1) is 0 Å². The number of phosphoric acid groups is 1. The SMILES string of the molecule is CCC/C=C\CCCCCCCC(=O)NC(COP(=O)([O-])OCC[N+](C)(C)C)C(O)CCCCCCCCCCCCCCCCCCCCCCCCC. The number of nitrogens with zero attached hydrogens (tertiary/aromatic N) is 1. The lowest BCUT2D eigenvalue weighted by molar-refractivity contribution is -0.870. The smallest absolute Gasteiger partial charge is 0.268 e. The first kappa shape index (κ1) is 54.2. The molecular weight excluding hydrogens is 707 g/mol. The van der Waals surface area contributed by atoms with Crippen molar-refractivity contribution in [2.24, 2.45) is 0 Å². The first-order valence-corrected chi connectivity index (χ1v) is 25.0. The van der Waals surface area contributed by atoms with E-state index in [1.54, 1.807) is 0 Å². The summed E-state index contributed by atoms with van der Waals surface area (Å²) in [5, 5.41) is 13.9. The number of amides is 1. The number of aliphatic hydroxyl groups is 1. The highest BCUT2D eigenvalue weighted by molar-refractivity contribution is 7.45. The molecule has 2 N–H and O–H groups in total. The number of hydrogen-bond donors (Lipinski definition) is 2. The summed E-state index contributed by atoms with van der Waals surface area (Å²) < 4.78 is 23.2. The minimum atomic E-state index is -4.56. The van der Waals surface area contributed by atoms with Gasteiger partial charge in [-0.25, -0.2) is 0 Å². The molecule has 0 aliphatic carbocycles. The molecule has 0 rings (SSSR count). The highest BCUT2D eigenvalue weighted by Crippen LogP contribution is 2.38. The maximum absolute atomic E-state index is 12.8. The molecule has 55 heavy (non-hydrogen) atoms. The van der Waals surface area contributed by atoms with Crippen LogP contribution in [0.4, 0.5) is 0 Å². The number of hydrogen-bond acceptors (Lipinski definition) is 6. The van der Waals surface area contributed by atoms with Crippen molar-refractivity contribution in [2.75, 3.05) is 40.9 Å². The molecule has 0 aliphatic heterocycles. The number of quaternary nitrogens is 1. The number of unbranched alkanes of at least 4 members (excludes halogenated alkanes) is 28. The maximum atomic E-state index is 12.8. The molecule has 0 aromatic carbocycles. The number of carbonyl (C=O) groups is 1. The van der Waals surface area contributed by atoms with E-state index in [-0.39, 0.29) is 19.1 Å². The third kappa shape index (κ3) is 41.2. The van der Waals surface area contributed by atoms with Crippen molar-refractivity contribution in [3.05, 3.63) is 12.2 Å². The van der Waals surface area contributed by atoms with Crippen molar-refractivity contribution in [2.45, 2.75) is 238 Å². The van der Waals surface area contributed by atoms with E-state index in [1.807, 2.05) is 21.1 Å². The minimum absolute atomic E-state index is 0.0123. The topological polar surface area (TPSA) is 108 Å². The Kier molecular flexibility index (Phi) is 38.2. The summed E-state index contributed by atoms with van der Waals surface area (Å²) in [6.07, 6.45) is 43.8. The average molecular weight is 801 g/mol. The third-order valence-corrected chi connectivity index (χ3v) is 11.7. The van der Waals surface area contributed by atoms with E-state index in [1.165, 1.54) is 141 Å². The highest BCUT2D eigenvalue weighted by Gasteiger charge is 2.24. The Bertz CT molecular complexity index is 911. The van der Waals surface area contributed by atoms with E-state index >= 15 is 0 Å². The highest BCUT2D eigenvalue weighted by atomic mass is 31.2. The molecule has 0 bridgehead atoms. The molecule has 328 valence electrons. The van der Waals surface area contributed by atoms with Gasteiger partial charge in [0.2, 0.25) is 5.91 Å². The second-order valence-corrected chi connectivity index (χ2v) is 18.9. The minimum Gasteiger partial charge on any atom is -0.756 e. The van der Waals surface area contributed by atoms with Crippen molar-refractivity contribution in [3.63, 3.8) is 0 Å². The van der Waals surface area contributed by atoms with Gasteiger partial charge in [0.05, 0.1) is 39.9 Å². The van der Waals surface area contributed by atoms with Gasteiger partial charge < -0.3 is 28.8 Å². The lowest BCUT2D eigenvalue weighted by Gasteiger charge is -2.30. The number of carbonyl (C=O) groups excluding carboxylic acids is 1. The fourth-order valence-electron chi connectivity index (χ4n) is 6.98. The molecule has 0 radical (unpaired) electrons. The molecule has 0 aromatic heterocycles. The molecule has 0 spiro atoms. The zero-order chi connectivity index (χ0) is 40.7. The lowest BCUT2D eigenvalue weighted by atomic mass is 10.0. The van der Waals surface area contributed by atoms with Gasteiger partial charge >= 0.3 is 0 Å². The van der Waals surface area contributed by atoms with E-state index in [0.717, 1.165) is 57.8 Å². The van der Waals surface area contributed by atoms with Crippen LogP contribution in [0, 0.1) is 0 Å². The molecule has 0 heterocycles. The molecular formula is C46H93N2O6P. The van der Waals surface area contributed by atoms with Crippen LogP contribution in [0.3, 0.4) is 0 Å². The number of rotatable bonds is 43. The Morgan fingerprint density at radius 3 is 1.49 bits per heavy atom. The number of nitrogens with one attached hydrogen (secondary N) is 1. The molecule has 0 fully saturated rings. The van der Waals surface area contributed by atoms with Gasteiger partial charge in [0.1, 0.15) is 13.2 Å². The Morgan fingerprint density at radius 1 is 0.618 bits per heavy atom. The zero-order valence-corrected chi connectivity index (χ0v) is 38.0. The van der Waals surface area contributed by atoms with Crippen molar-refractivity contribution in [1.82, 2.24) is 5.32 Å². The van der Waals surface area contributed by atoms with E-state index < -0.39 is 20.0 Å². The van der Waals surface area contributed by atoms with Gasteiger partial charge in [0.15, 0.2) is 0 Å². The van der Waals surface area contributed by atoms with Crippen LogP contribution in [0.5, 0.6) is 0 Å². The van der Waals surface area contributed by atoms with Gasteiger partial charge in [0.25, 0.3) is 7.82 Å². The normalized spacial score (nSPS) is 14.4. The summed E-state index contributed by atoms with van der Waals surface area (Å²) in [4.78, 5) is 25.3. The Balaban J connectivity index is 4.17. The molecule has 9 heteroatoms. The van der Waals surface area contributed by atoms with Crippen LogP contribution < -0.4 is 10.2 Å². The van der Waals surface area contributed by atoms with Gasteiger partial charge in [-0.1, -0.05) is 199 Å². The second-order valence-electron chi connectivity index (χ2n) is 17.5. The van der Waals surface area contributed by atoms with Gasteiger partial charge in [-0.3, -0.25) is 9.36 Å². The van der Waals surface area contributed by atoms with Crippen LogP contribution >= 0.6 is 7.82 Å². The van der Waals surface area contributed by atoms with Crippen LogP contribution in [0.2, 0.25) is 0 Å². The average Bonchev–Trinajstić information content (AvgIpc) is 3.13. The lowest BCUT2D eigenvalue weighted by Crippen LogP contribution is -2.46. The predicted molar refractivity (Wildman–Crippen MR) is 233 cm³/mol. The Labute approximate surface area is 342 Å². The van der Waals surface area contributed by atoms with Gasteiger partial charge in [-0.05, 0) is 32.1 Å². The number of allylic oxidation sites excluding steroid dienone is 2. The fourth-order valence-corrected chi connectivity index (χ4v) is 7.71. The summed E-state index contributed by atoms with van der Waals surface area (Å²) in [6, 6.07) is -0.800. The van der Waals surface area contributed by atoms with Crippen LogP contribution in [0.25, 0.3) is 0 Å². The zero-order valence-electron chi connectivity index (χ0n) is 37.1. The quantitative estimate of drug-likeness (QED) is 0.0275. The van der Waals surface area contributed by atoms with Crippen LogP contribution in [0.1, 0.15) is 226 Å². The Hall–Kier alpha value is -0.760. The predicted octanol–water partition coefficient (Wildman–Crippen LogP) is 12.5. The number of likely N-dealkylation sites (N-methyl/N-ethyl adjacent to an activating group) is 1. The maximum Gasteiger partial charge on any atom is 0.268 e. The first-order chi connectivity index (χ1) is 26.5. The van der Waals surface area contributed by atoms with Crippen LogP contribution in [-0.2, 0) is 18.4 Å². The van der Waals surface area contributed by atoms with Gasteiger partial charge in [-0.2, -0.15) is 0 Å². The molecule has 0 aliphatic rings. The summed E-state index contributed by atoms with van der Waals surface area (Å²) in [6.45, 7) is 4.66. The van der Waals surface area contributed by atoms with E-state index in [4.69, 9.17) is 9.05 Å². The molecule has 0 saturated carbocycles. The molecule has 1 amide bonds. The van der Waals surface area contributed by atoms with Gasteiger partial charge in [0, 0.05) is 6.42 Å².